The molecule has 1 aliphatic carbocycles. The van der Waals surface area contributed by atoms with E-state index < -0.39 is 23.2 Å². The number of benzene rings is 2. The Bertz CT molecular complexity index is 1420. The van der Waals surface area contributed by atoms with E-state index in [9.17, 15) is 22.8 Å². The van der Waals surface area contributed by atoms with Crippen LogP contribution in [0.5, 0.6) is 0 Å². The number of halogens is 3. The van der Waals surface area contributed by atoms with Crippen molar-refractivity contribution in [1.82, 2.24) is 14.9 Å². The van der Waals surface area contributed by atoms with E-state index in [2.05, 4.69) is 15.3 Å². The summed E-state index contributed by atoms with van der Waals surface area (Å²) in [6, 6.07) is 14.8. The van der Waals surface area contributed by atoms with Gasteiger partial charge in [0.05, 0.1) is 23.8 Å². The fraction of sp³-hybridized carbons (Fsp3) is 0.400. The van der Waals surface area contributed by atoms with Crippen molar-refractivity contribution >= 4 is 23.7 Å². The maximum Gasteiger partial charge on any atom is 0.419 e. The zero-order valence-corrected chi connectivity index (χ0v) is 22.6. The number of aryl methyl sites for hydroxylation is 2. The molecule has 216 valence electrons. The van der Waals surface area contributed by atoms with Crippen LogP contribution in [0.15, 0.2) is 54.7 Å². The van der Waals surface area contributed by atoms with Gasteiger partial charge in [0.25, 0.3) is 0 Å². The maximum absolute atomic E-state index is 13.9. The molecule has 1 amide bonds. The second-order valence-corrected chi connectivity index (χ2v) is 10.6. The van der Waals surface area contributed by atoms with Crippen LogP contribution in [0.2, 0.25) is 0 Å². The van der Waals surface area contributed by atoms with Gasteiger partial charge in [0.2, 0.25) is 5.95 Å². The first-order valence-electron chi connectivity index (χ1n) is 13.6. The Kier molecular flexibility index (Phi) is 7.88. The highest BCUT2D eigenvalue weighted by Crippen LogP contribution is 2.50. The Balaban J connectivity index is 1.31. The molecule has 2 aliphatic rings. The van der Waals surface area contributed by atoms with E-state index in [1.165, 1.54) is 12.0 Å². The summed E-state index contributed by atoms with van der Waals surface area (Å²) in [6.07, 6.45) is -1.69. The Hall–Kier alpha value is -4.15. The molecule has 2 heterocycles. The number of likely N-dealkylation sites (tertiary alicyclic amines) is 1. The Morgan fingerprint density at radius 1 is 1.07 bits per heavy atom. The molecule has 5 rings (SSSR count). The van der Waals surface area contributed by atoms with Crippen LogP contribution in [-0.2, 0) is 34.0 Å². The molecule has 3 aromatic rings. The van der Waals surface area contributed by atoms with Crippen molar-refractivity contribution in [1.29, 1.82) is 0 Å². The minimum atomic E-state index is -4.62. The van der Waals surface area contributed by atoms with Crippen LogP contribution in [-0.4, -0.2) is 52.2 Å². The second-order valence-electron chi connectivity index (χ2n) is 10.6. The number of ether oxygens (including phenoxy) is 1. The highest BCUT2D eigenvalue weighted by molar-refractivity contribution is 5.87. The van der Waals surface area contributed by atoms with Crippen molar-refractivity contribution < 1.29 is 32.6 Å². The molecule has 0 spiro atoms. The number of carbonyl (C=O) groups excluding carboxylic acids is 1. The van der Waals surface area contributed by atoms with Crippen LogP contribution >= 0.6 is 0 Å². The smallest absolute Gasteiger partial charge is 0.419 e. The number of hydrogen-bond acceptors (Lipinski definition) is 6. The van der Waals surface area contributed by atoms with Gasteiger partial charge in [0.1, 0.15) is 0 Å². The monoisotopic (exact) mass is 568 g/mol. The number of hydrogen-bond donors (Lipinski definition) is 2. The molecule has 41 heavy (non-hydrogen) atoms. The summed E-state index contributed by atoms with van der Waals surface area (Å²) in [5.41, 5.74) is 1.54. The molecule has 1 saturated carbocycles. The molecule has 0 bridgehead atoms. The molecule has 1 aromatic heterocycles. The van der Waals surface area contributed by atoms with E-state index >= 15 is 0 Å². The Labute approximate surface area is 235 Å². The fourth-order valence-electron chi connectivity index (χ4n) is 5.64. The molecule has 1 saturated heterocycles. The van der Waals surface area contributed by atoms with Crippen molar-refractivity contribution in [2.24, 2.45) is 0 Å². The lowest BCUT2D eigenvalue weighted by Gasteiger charge is -2.30. The Morgan fingerprint density at radius 2 is 1.76 bits per heavy atom. The highest BCUT2D eigenvalue weighted by Gasteiger charge is 2.53. The lowest BCUT2D eigenvalue weighted by Crippen LogP contribution is -2.36. The number of nitrogens with one attached hydrogen (secondary N) is 1. The van der Waals surface area contributed by atoms with E-state index in [4.69, 9.17) is 9.84 Å². The van der Waals surface area contributed by atoms with Crippen molar-refractivity contribution in [3.63, 3.8) is 0 Å². The van der Waals surface area contributed by atoms with Crippen LogP contribution < -0.4 is 5.32 Å². The molecule has 0 unspecified atom stereocenters. The number of esters is 1. The van der Waals surface area contributed by atoms with Crippen LogP contribution in [0.4, 0.5) is 29.6 Å². The third kappa shape index (κ3) is 6.13. The third-order valence-corrected chi connectivity index (χ3v) is 8.07. The first-order chi connectivity index (χ1) is 19.6. The zero-order chi connectivity index (χ0) is 29.2. The number of methoxy groups -OCH3 is 1. The van der Waals surface area contributed by atoms with Crippen molar-refractivity contribution in [2.45, 2.75) is 56.0 Å². The number of carbonyl (C=O) groups is 2. The average Bonchev–Trinajstić information content (AvgIpc) is 3.78. The van der Waals surface area contributed by atoms with E-state index in [1.54, 1.807) is 0 Å². The minimum Gasteiger partial charge on any atom is -0.468 e. The van der Waals surface area contributed by atoms with Gasteiger partial charge in [-0.15, -0.1) is 0 Å². The van der Waals surface area contributed by atoms with Gasteiger partial charge < -0.3 is 20.1 Å². The van der Waals surface area contributed by atoms with Crippen LogP contribution in [0.1, 0.15) is 59.5 Å². The quantitative estimate of drug-likeness (QED) is 0.317. The topological polar surface area (TPSA) is 105 Å². The van der Waals surface area contributed by atoms with Crippen LogP contribution in [0.25, 0.3) is 0 Å². The lowest BCUT2D eigenvalue weighted by atomic mass is 9.89. The average molecular weight is 569 g/mol. The Morgan fingerprint density at radius 3 is 2.37 bits per heavy atom. The van der Waals surface area contributed by atoms with E-state index in [0.29, 0.717) is 31.6 Å². The normalized spacial score (nSPS) is 16.7. The lowest BCUT2D eigenvalue weighted by molar-refractivity contribution is -0.143. The predicted octanol–water partition coefficient (Wildman–Crippen LogP) is 6.09. The number of carboxylic acid groups (broad SMARTS) is 1. The van der Waals surface area contributed by atoms with Crippen LogP contribution in [0, 0.1) is 0 Å². The largest absolute Gasteiger partial charge is 0.468 e. The molecule has 1 aliphatic heterocycles. The summed E-state index contributed by atoms with van der Waals surface area (Å²) >= 11 is 0. The predicted molar refractivity (Wildman–Crippen MR) is 145 cm³/mol. The summed E-state index contributed by atoms with van der Waals surface area (Å²) in [4.78, 5) is 33.2. The number of piperidine rings is 1. The van der Waals surface area contributed by atoms with Crippen molar-refractivity contribution in [3.05, 3.63) is 82.7 Å². The number of rotatable bonds is 8. The summed E-state index contributed by atoms with van der Waals surface area (Å²) in [5, 5.41) is 12.2. The fourth-order valence-corrected chi connectivity index (χ4v) is 5.64. The van der Waals surface area contributed by atoms with E-state index in [0.717, 1.165) is 35.7 Å². The first kappa shape index (κ1) is 28.4. The SMILES string of the molecule is COC(=O)C1(c2ccccc2CCc2nc(Nc3ccc(C4CCN(C(=O)O)CC4)cc3)ncc2C(F)(F)F)CC1. The molecule has 2 N–H and O–H groups in total. The van der Waals surface area contributed by atoms with Gasteiger partial charge in [0, 0.05) is 25.0 Å². The number of amides is 1. The molecule has 0 atom stereocenters. The number of anilines is 2. The molecule has 2 aromatic carbocycles. The van der Waals surface area contributed by atoms with Gasteiger partial charge in [-0.1, -0.05) is 36.4 Å². The zero-order valence-electron chi connectivity index (χ0n) is 22.6. The van der Waals surface area contributed by atoms with Gasteiger partial charge in [-0.2, -0.15) is 13.2 Å². The number of aromatic nitrogens is 2. The third-order valence-electron chi connectivity index (χ3n) is 8.07. The minimum absolute atomic E-state index is 0.00822. The van der Waals surface area contributed by atoms with Crippen LogP contribution in [0.3, 0.4) is 0 Å². The molecule has 8 nitrogen and oxygen atoms in total. The first-order valence-corrected chi connectivity index (χ1v) is 13.6. The second kappa shape index (κ2) is 11.4. The maximum atomic E-state index is 13.9. The van der Waals surface area contributed by atoms with Gasteiger partial charge in [0.15, 0.2) is 0 Å². The summed E-state index contributed by atoms with van der Waals surface area (Å²) in [6.45, 7) is 0.965. The van der Waals surface area contributed by atoms with E-state index in [-0.39, 0.29) is 36.4 Å². The van der Waals surface area contributed by atoms with Gasteiger partial charge >= 0.3 is 18.2 Å². The molecular formula is C30H31F3N4O4. The summed E-state index contributed by atoms with van der Waals surface area (Å²) in [5.74, 6) is -0.0337. The van der Waals surface area contributed by atoms with E-state index in [1.807, 2.05) is 48.5 Å². The summed E-state index contributed by atoms with van der Waals surface area (Å²) < 4.78 is 46.6. The number of alkyl halides is 3. The molecule has 0 radical (unpaired) electrons. The van der Waals surface area contributed by atoms with Crippen molar-refractivity contribution in [3.8, 4) is 0 Å². The van der Waals surface area contributed by atoms with Crippen molar-refractivity contribution in [2.75, 3.05) is 25.5 Å². The molecular weight excluding hydrogens is 537 g/mol. The highest BCUT2D eigenvalue weighted by atomic mass is 19.4. The molecule has 2 fully saturated rings. The number of nitrogens with zero attached hydrogens (tertiary/aromatic N) is 3. The van der Waals surface area contributed by atoms with Gasteiger partial charge in [-0.3, -0.25) is 4.79 Å². The molecule has 11 heteroatoms. The standard InChI is InChI=1S/C30H31F3N4O4/c1-41-26(38)29(14-15-29)23-5-3-2-4-21(23)8-11-25-24(30(31,32)33)18-34-27(36-25)35-22-9-6-19(7-10-22)20-12-16-37(17-13-20)28(39)40/h2-7,9-10,18,20H,8,11-17H2,1H3,(H,39,40)(H,34,35,36). The van der Waals surface area contributed by atoms with Gasteiger partial charge in [-0.25, -0.2) is 14.8 Å². The van der Waals surface area contributed by atoms with Gasteiger partial charge in [-0.05, 0) is 73.3 Å². The summed E-state index contributed by atoms with van der Waals surface area (Å²) in [7, 11) is 1.34.